The Morgan fingerprint density at radius 1 is 0.677 bits per heavy atom. The normalized spacial score (nSPS) is 31.5. The van der Waals surface area contributed by atoms with Crippen LogP contribution < -0.4 is 0 Å². The van der Waals surface area contributed by atoms with Crippen LogP contribution >= 0.6 is 0 Å². The Morgan fingerprint density at radius 2 is 1.03 bits per heavy atom. The van der Waals surface area contributed by atoms with Crippen LogP contribution in [0.3, 0.4) is 0 Å². The van der Waals surface area contributed by atoms with Crippen LogP contribution in [-0.2, 0) is 43.0 Å². The lowest BCUT2D eigenvalue weighted by Gasteiger charge is -2.33. The first-order valence-electron chi connectivity index (χ1n) is 8.73. The Morgan fingerprint density at radius 3 is 1.26 bits per heavy atom. The number of cyclic esters (lactones) is 1. The van der Waals surface area contributed by atoms with Crippen LogP contribution in [0.4, 0.5) is 0 Å². The van der Waals surface area contributed by atoms with Crippen molar-refractivity contribution in [2.45, 2.75) is 69.6 Å². The van der Waals surface area contributed by atoms with E-state index in [-0.39, 0.29) is 0 Å². The summed E-state index contributed by atoms with van der Waals surface area (Å²) in [6.45, 7) is 3.50. The Kier molecular flexibility index (Phi) is 8.89. The van der Waals surface area contributed by atoms with Gasteiger partial charge in [0.2, 0.25) is 0 Å². The molecule has 0 amide bonds. The molecule has 3 aliphatic rings. The van der Waals surface area contributed by atoms with Crippen molar-refractivity contribution in [3.8, 4) is 0 Å². The number of hydrogen-bond donors (Lipinski definition) is 5. The van der Waals surface area contributed by atoms with Gasteiger partial charge in [0.15, 0.2) is 66.2 Å². The van der Waals surface area contributed by atoms with Gasteiger partial charge in [-0.05, 0) is 20.8 Å². The van der Waals surface area contributed by atoms with Gasteiger partial charge < -0.3 is 39.7 Å². The molecule has 3 fully saturated rings. The van der Waals surface area contributed by atoms with Crippen molar-refractivity contribution in [2.24, 2.45) is 0 Å². The number of esters is 3. The summed E-state index contributed by atoms with van der Waals surface area (Å²) >= 11 is 0. The summed E-state index contributed by atoms with van der Waals surface area (Å²) in [5, 5.41) is 44.3. The zero-order valence-corrected chi connectivity index (χ0v) is 16.5. The Labute approximate surface area is 174 Å². The molecule has 174 valence electrons. The van der Waals surface area contributed by atoms with Crippen molar-refractivity contribution in [1.29, 1.82) is 0 Å². The number of aliphatic hydroxyl groups excluding tert-OH is 5. The molecule has 7 unspecified atom stereocenters. The Balaban J connectivity index is 0.000000238. The van der Waals surface area contributed by atoms with Gasteiger partial charge in [-0.1, -0.05) is 0 Å². The zero-order valence-electron chi connectivity index (χ0n) is 16.5. The van der Waals surface area contributed by atoms with Gasteiger partial charge in [-0.3, -0.25) is 14.4 Å². The van der Waals surface area contributed by atoms with Crippen molar-refractivity contribution in [3.05, 3.63) is 0 Å². The maximum absolute atomic E-state index is 10.7. The van der Waals surface area contributed by atoms with Gasteiger partial charge in [0.25, 0.3) is 0 Å². The standard InChI is InChI=1S/C6H6O6.C6H8O5.C5H8O3/c7-1-3-4(12-5(1)9)2(8)6(10)11-3;1-2(7)3(8)5-4(9)6(10)11-5;1-3(6)5(8)4(2)7/h1-4,7-8H;3-5,8-9H,1H3;5,8H,1-2H3. The molecule has 3 aliphatic heterocycles. The lowest BCUT2D eigenvalue weighted by molar-refractivity contribution is -0.211. The molecular weight excluding hydrogens is 428 g/mol. The zero-order chi connectivity index (χ0) is 24.2. The van der Waals surface area contributed by atoms with Crippen LogP contribution in [0.25, 0.3) is 0 Å². The molecule has 0 saturated carbocycles. The van der Waals surface area contributed by atoms with Crippen molar-refractivity contribution in [3.63, 3.8) is 0 Å². The molecule has 0 radical (unpaired) electrons. The van der Waals surface area contributed by atoms with Crippen LogP contribution in [0.2, 0.25) is 0 Å². The third kappa shape index (κ3) is 6.11. The summed E-state index contributed by atoms with van der Waals surface area (Å²) in [4.78, 5) is 62.3. The van der Waals surface area contributed by atoms with Crippen LogP contribution in [0, 0.1) is 0 Å². The van der Waals surface area contributed by atoms with Crippen LogP contribution in [0.5, 0.6) is 0 Å². The number of ether oxygens (including phenoxy) is 3. The molecule has 0 bridgehead atoms. The molecule has 0 spiro atoms. The number of rotatable bonds is 4. The van der Waals surface area contributed by atoms with Gasteiger partial charge in [-0.25, -0.2) is 14.4 Å². The van der Waals surface area contributed by atoms with Crippen LogP contribution in [0.1, 0.15) is 20.8 Å². The second kappa shape index (κ2) is 10.5. The lowest BCUT2D eigenvalue weighted by atomic mass is 10.0. The molecule has 5 N–H and O–H groups in total. The number of aliphatic hydroxyl groups is 5. The van der Waals surface area contributed by atoms with Crippen molar-refractivity contribution < 1.29 is 68.5 Å². The number of carbonyl (C=O) groups is 6. The summed E-state index contributed by atoms with van der Waals surface area (Å²) in [5.41, 5.74) is 0. The lowest BCUT2D eigenvalue weighted by Crippen LogP contribution is -2.57. The minimum Gasteiger partial charge on any atom is -0.454 e. The number of carbonyl (C=O) groups excluding carboxylic acids is 6. The van der Waals surface area contributed by atoms with E-state index in [4.69, 9.17) is 25.5 Å². The number of fused-ring (bicyclic) bond motifs is 1. The SMILES string of the molecule is CC(=O)C(O)C(C)=O.CC(=O)C(O)C1OC(=O)C1O.O=C1OC2C(O)C(=O)OC2C1O. The predicted octanol–water partition coefficient (Wildman–Crippen LogP) is -4.69. The van der Waals surface area contributed by atoms with E-state index in [1.165, 1.54) is 13.8 Å². The van der Waals surface area contributed by atoms with Gasteiger partial charge in [0.1, 0.15) is 0 Å². The van der Waals surface area contributed by atoms with Gasteiger partial charge in [-0.2, -0.15) is 0 Å². The average Bonchev–Trinajstić information content (AvgIpc) is 3.14. The van der Waals surface area contributed by atoms with E-state index in [9.17, 15) is 28.8 Å². The molecule has 14 nitrogen and oxygen atoms in total. The van der Waals surface area contributed by atoms with Gasteiger partial charge in [-0.15, -0.1) is 0 Å². The fraction of sp³-hybridized carbons (Fsp3) is 0.647. The quantitative estimate of drug-likeness (QED) is 0.154. The number of ketones is 3. The summed E-state index contributed by atoms with van der Waals surface area (Å²) in [7, 11) is 0. The highest BCUT2D eigenvalue weighted by Gasteiger charge is 2.57. The van der Waals surface area contributed by atoms with Crippen molar-refractivity contribution in [2.75, 3.05) is 0 Å². The molecule has 3 heterocycles. The largest absolute Gasteiger partial charge is 0.454 e. The monoisotopic (exact) mass is 450 g/mol. The third-order valence-corrected chi connectivity index (χ3v) is 4.24. The van der Waals surface area contributed by atoms with E-state index >= 15 is 0 Å². The summed E-state index contributed by atoms with van der Waals surface area (Å²) < 4.78 is 13.3. The van der Waals surface area contributed by atoms with Gasteiger partial charge >= 0.3 is 17.9 Å². The van der Waals surface area contributed by atoms with Crippen molar-refractivity contribution >= 4 is 35.3 Å². The second-order valence-electron chi connectivity index (χ2n) is 6.72. The maximum Gasteiger partial charge on any atom is 0.339 e. The molecule has 31 heavy (non-hydrogen) atoms. The van der Waals surface area contributed by atoms with E-state index in [0.717, 1.165) is 6.92 Å². The smallest absolute Gasteiger partial charge is 0.339 e. The molecule has 0 aromatic rings. The van der Waals surface area contributed by atoms with Crippen LogP contribution in [0.15, 0.2) is 0 Å². The molecule has 3 rings (SSSR count). The molecule has 3 saturated heterocycles. The fourth-order valence-electron chi connectivity index (χ4n) is 2.38. The fourth-order valence-corrected chi connectivity index (χ4v) is 2.38. The van der Waals surface area contributed by atoms with E-state index in [1.54, 1.807) is 0 Å². The highest BCUT2D eigenvalue weighted by molar-refractivity contribution is 6.02. The highest BCUT2D eigenvalue weighted by atomic mass is 16.7. The molecular formula is C17H22O14. The van der Waals surface area contributed by atoms with Gasteiger partial charge in [0.05, 0.1) is 0 Å². The topological polar surface area (TPSA) is 231 Å². The summed E-state index contributed by atoms with van der Waals surface area (Å²) in [5.74, 6) is -4.06. The van der Waals surface area contributed by atoms with E-state index in [0.29, 0.717) is 0 Å². The predicted molar refractivity (Wildman–Crippen MR) is 91.7 cm³/mol. The highest BCUT2D eigenvalue weighted by Crippen LogP contribution is 2.28. The van der Waals surface area contributed by atoms with Crippen molar-refractivity contribution in [1.82, 2.24) is 0 Å². The first-order chi connectivity index (χ1) is 14.2. The molecule has 0 aromatic heterocycles. The molecule has 7 atom stereocenters. The van der Waals surface area contributed by atoms with Gasteiger partial charge in [0, 0.05) is 0 Å². The van der Waals surface area contributed by atoms with E-state index in [2.05, 4.69) is 14.2 Å². The molecule has 0 aliphatic carbocycles. The second-order valence-corrected chi connectivity index (χ2v) is 6.72. The Hall–Kier alpha value is -2.78. The number of Topliss-reactive ketones (excluding diaryl/α,β-unsaturated/α-hetero) is 3. The number of hydrogen-bond acceptors (Lipinski definition) is 14. The van der Waals surface area contributed by atoms with E-state index < -0.39 is 84.1 Å². The minimum absolute atomic E-state index is 0.502. The van der Waals surface area contributed by atoms with E-state index in [1.807, 2.05) is 0 Å². The maximum atomic E-state index is 10.7. The Bertz CT molecular complexity index is 720. The van der Waals surface area contributed by atoms with Crippen LogP contribution in [-0.4, -0.2) is 110 Å². The average molecular weight is 450 g/mol. The first kappa shape index (κ1) is 26.3. The first-order valence-corrected chi connectivity index (χ1v) is 8.73. The molecule has 14 heteroatoms. The summed E-state index contributed by atoms with van der Waals surface area (Å²) in [6, 6.07) is 0. The molecule has 0 aromatic carbocycles. The minimum atomic E-state index is -1.46. The third-order valence-electron chi connectivity index (χ3n) is 4.24. The summed E-state index contributed by atoms with van der Waals surface area (Å²) in [6.07, 6.45) is -10.2.